The zero-order valence-electron chi connectivity index (χ0n) is 19.0. The second kappa shape index (κ2) is 11.4. The van der Waals surface area contributed by atoms with E-state index >= 15 is 0 Å². The van der Waals surface area contributed by atoms with E-state index in [4.69, 9.17) is 0 Å². The summed E-state index contributed by atoms with van der Waals surface area (Å²) >= 11 is 0. The molecule has 0 radical (unpaired) electrons. The highest BCUT2D eigenvalue weighted by atomic mass is 19.1. The molecule has 0 unspecified atom stereocenters. The summed E-state index contributed by atoms with van der Waals surface area (Å²) in [5.41, 5.74) is 3.88. The van der Waals surface area contributed by atoms with Crippen LogP contribution in [0.5, 0.6) is 0 Å². The van der Waals surface area contributed by atoms with Gasteiger partial charge in [0.2, 0.25) is 0 Å². The van der Waals surface area contributed by atoms with Gasteiger partial charge in [-0.15, -0.1) is 0 Å². The van der Waals surface area contributed by atoms with Crippen molar-refractivity contribution in [2.45, 2.75) is 25.8 Å². The van der Waals surface area contributed by atoms with Crippen LogP contribution in [0.4, 0.5) is 15.8 Å². The Labute approximate surface area is 199 Å². The van der Waals surface area contributed by atoms with Crippen LogP contribution in [0.25, 0.3) is 0 Å². The molecule has 1 aliphatic heterocycles. The minimum atomic E-state index is -0.465. The topological polar surface area (TPSA) is 70.4 Å². The standard InChI is InChI=1S/C27H29FN4O2/c28-24-12-10-21(11-13-24)18-22-14-16-31(17-15-22)19-23-6-4-5-9-26(23)30-27(20-32(33)34)29-25-7-2-1-3-8-25/h1-13,20,22,29-30H,14-19H2. The summed E-state index contributed by atoms with van der Waals surface area (Å²) in [4.78, 5) is 13.1. The van der Waals surface area contributed by atoms with Crippen molar-refractivity contribution in [2.75, 3.05) is 23.7 Å². The van der Waals surface area contributed by atoms with Crippen LogP contribution in [0, 0.1) is 21.8 Å². The van der Waals surface area contributed by atoms with Crippen LogP contribution >= 0.6 is 0 Å². The number of benzene rings is 3. The van der Waals surface area contributed by atoms with Gasteiger partial charge in [0.05, 0.1) is 4.92 Å². The largest absolute Gasteiger partial charge is 0.337 e. The van der Waals surface area contributed by atoms with Gasteiger partial charge in [-0.25, -0.2) is 4.39 Å². The molecule has 176 valence electrons. The molecule has 0 bridgehead atoms. The summed E-state index contributed by atoms with van der Waals surface area (Å²) in [7, 11) is 0. The summed E-state index contributed by atoms with van der Waals surface area (Å²) in [6.07, 6.45) is 4.11. The molecule has 1 fully saturated rings. The van der Waals surface area contributed by atoms with Gasteiger partial charge in [-0.2, -0.15) is 0 Å². The first-order chi connectivity index (χ1) is 16.5. The van der Waals surface area contributed by atoms with Gasteiger partial charge in [0.1, 0.15) is 5.82 Å². The van der Waals surface area contributed by atoms with Crippen LogP contribution in [0.3, 0.4) is 0 Å². The third-order valence-electron chi connectivity index (χ3n) is 6.11. The number of rotatable bonds is 9. The minimum Gasteiger partial charge on any atom is -0.337 e. The lowest BCUT2D eigenvalue weighted by atomic mass is 9.90. The number of likely N-dealkylation sites (tertiary alicyclic amines) is 1. The second-order valence-corrected chi connectivity index (χ2v) is 8.65. The van der Waals surface area contributed by atoms with E-state index in [-0.39, 0.29) is 5.82 Å². The quantitative estimate of drug-likeness (QED) is 0.308. The number of piperidine rings is 1. The summed E-state index contributed by atoms with van der Waals surface area (Å²) in [6, 6.07) is 24.1. The molecule has 3 aromatic rings. The lowest BCUT2D eigenvalue weighted by molar-refractivity contribution is -0.403. The van der Waals surface area contributed by atoms with Gasteiger partial charge in [0.25, 0.3) is 6.20 Å². The number of hydrogen-bond donors (Lipinski definition) is 2. The first-order valence-electron chi connectivity index (χ1n) is 11.5. The number of para-hydroxylation sites is 2. The molecule has 0 aromatic heterocycles. The van der Waals surface area contributed by atoms with E-state index in [9.17, 15) is 14.5 Å². The van der Waals surface area contributed by atoms with E-state index in [1.807, 2.05) is 60.7 Å². The van der Waals surface area contributed by atoms with Crippen LogP contribution in [0.15, 0.2) is 90.9 Å². The van der Waals surface area contributed by atoms with E-state index in [1.54, 1.807) is 0 Å². The summed E-state index contributed by atoms with van der Waals surface area (Å²) in [5.74, 6) is 0.711. The van der Waals surface area contributed by atoms with Crippen molar-refractivity contribution in [3.8, 4) is 0 Å². The molecule has 6 nitrogen and oxygen atoms in total. The molecule has 0 spiro atoms. The zero-order valence-corrected chi connectivity index (χ0v) is 19.0. The van der Waals surface area contributed by atoms with Gasteiger partial charge >= 0.3 is 0 Å². The average molecular weight is 461 g/mol. The highest BCUT2D eigenvalue weighted by molar-refractivity contribution is 5.59. The van der Waals surface area contributed by atoms with Crippen molar-refractivity contribution in [1.82, 2.24) is 4.90 Å². The van der Waals surface area contributed by atoms with E-state index in [0.717, 1.165) is 62.0 Å². The fourth-order valence-electron chi connectivity index (χ4n) is 4.35. The van der Waals surface area contributed by atoms with Gasteiger partial charge in [0, 0.05) is 17.9 Å². The minimum absolute atomic E-state index is 0.193. The lowest BCUT2D eigenvalue weighted by Crippen LogP contribution is -2.34. The Hall–Kier alpha value is -3.71. The third-order valence-corrected chi connectivity index (χ3v) is 6.11. The smallest absolute Gasteiger partial charge is 0.274 e. The molecule has 2 N–H and O–H groups in total. The molecule has 0 amide bonds. The van der Waals surface area contributed by atoms with Gasteiger partial charge in [-0.05, 0) is 79.7 Å². The highest BCUT2D eigenvalue weighted by Gasteiger charge is 2.20. The predicted octanol–water partition coefficient (Wildman–Crippen LogP) is 5.88. The molecule has 0 atom stereocenters. The number of nitrogens with zero attached hydrogens (tertiary/aromatic N) is 2. The van der Waals surface area contributed by atoms with Gasteiger partial charge < -0.3 is 10.6 Å². The normalized spacial score (nSPS) is 15.1. The van der Waals surface area contributed by atoms with Crippen molar-refractivity contribution in [3.05, 3.63) is 118 Å². The molecule has 0 aliphatic carbocycles. The van der Waals surface area contributed by atoms with E-state index in [2.05, 4.69) is 21.6 Å². The fraction of sp³-hybridized carbons (Fsp3) is 0.259. The maximum absolute atomic E-state index is 13.2. The Morgan fingerprint density at radius 3 is 2.35 bits per heavy atom. The van der Waals surface area contributed by atoms with Gasteiger partial charge in [-0.1, -0.05) is 48.5 Å². The molecule has 0 saturated carbocycles. The fourth-order valence-corrected chi connectivity index (χ4v) is 4.35. The Morgan fingerprint density at radius 1 is 0.971 bits per heavy atom. The Bertz CT molecular complexity index is 1110. The van der Waals surface area contributed by atoms with Crippen LogP contribution < -0.4 is 10.6 Å². The molecule has 3 aromatic carbocycles. The van der Waals surface area contributed by atoms with Gasteiger partial charge in [0.15, 0.2) is 5.82 Å². The monoisotopic (exact) mass is 460 g/mol. The lowest BCUT2D eigenvalue weighted by Gasteiger charge is -2.32. The highest BCUT2D eigenvalue weighted by Crippen LogP contribution is 2.25. The zero-order chi connectivity index (χ0) is 23.8. The van der Waals surface area contributed by atoms with Gasteiger partial charge in [-0.3, -0.25) is 15.0 Å². The SMILES string of the molecule is O=[N+]([O-])C=C(Nc1ccccc1)Nc1ccccc1CN1CCC(Cc2ccc(F)cc2)CC1. The molecule has 34 heavy (non-hydrogen) atoms. The Morgan fingerprint density at radius 2 is 1.65 bits per heavy atom. The summed E-state index contributed by atoms with van der Waals surface area (Å²) in [5, 5.41) is 17.5. The van der Waals surface area contributed by atoms with Crippen LogP contribution in [-0.2, 0) is 13.0 Å². The molecular formula is C27H29FN4O2. The number of hydrogen-bond acceptors (Lipinski definition) is 5. The van der Waals surface area contributed by atoms with Crippen molar-refractivity contribution in [3.63, 3.8) is 0 Å². The number of halogens is 1. The molecule has 1 aliphatic rings. The summed E-state index contributed by atoms with van der Waals surface area (Å²) in [6.45, 7) is 2.74. The Kier molecular flexibility index (Phi) is 7.88. The predicted molar refractivity (Wildman–Crippen MR) is 133 cm³/mol. The van der Waals surface area contributed by atoms with Crippen molar-refractivity contribution < 1.29 is 9.31 Å². The second-order valence-electron chi connectivity index (χ2n) is 8.65. The first kappa shape index (κ1) is 23.4. The molecule has 1 saturated heterocycles. The third kappa shape index (κ3) is 6.89. The number of nitro groups is 1. The van der Waals surface area contributed by atoms with E-state index in [0.29, 0.717) is 11.7 Å². The Balaban J connectivity index is 1.37. The van der Waals surface area contributed by atoms with Crippen LogP contribution in [0.2, 0.25) is 0 Å². The van der Waals surface area contributed by atoms with E-state index < -0.39 is 4.92 Å². The van der Waals surface area contributed by atoms with Crippen molar-refractivity contribution in [2.24, 2.45) is 5.92 Å². The maximum Gasteiger partial charge on any atom is 0.274 e. The molecule has 1 heterocycles. The maximum atomic E-state index is 13.2. The van der Waals surface area contributed by atoms with Crippen LogP contribution in [0.1, 0.15) is 24.0 Å². The van der Waals surface area contributed by atoms with Crippen molar-refractivity contribution >= 4 is 11.4 Å². The molecule has 4 rings (SSSR count). The number of anilines is 2. The summed E-state index contributed by atoms with van der Waals surface area (Å²) < 4.78 is 13.2. The van der Waals surface area contributed by atoms with Crippen LogP contribution in [-0.4, -0.2) is 22.9 Å². The molecule has 7 heteroatoms. The number of nitrogens with one attached hydrogen (secondary N) is 2. The average Bonchev–Trinajstić information content (AvgIpc) is 2.83. The van der Waals surface area contributed by atoms with E-state index in [1.165, 1.54) is 17.7 Å². The van der Waals surface area contributed by atoms with Crippen molar-refractivity contribution in [1.29, 1.82) is 0 Å². The molecular weight excluding hydrogens is 431 g/mol. The first-order valence-corrected chi connectivity index (χ1v) is 11.5.